The molecule has 88 valence electrons. The van der Waals surface area contributed by atoms with Gasteiger partial charge in [0.15, 0.2) is 0 Å². The van der Waals surface area contributed by atoms with Gasteiger partial charge in [-0.05, 0) is 49.3 Å². The number of rotatable bonds is 3. The zero-order valence-corrected chi connectivity index (χ0v) is 10.7. The Labute approximate surface area is 99.3 Å². The molecule has 0 spiro atoms. The van der Waals surface area contributed by atoms with Crippen molar-refractivity contribution in [3.63, 3.8) is 0 Å². The summed E-state index contributed by atoms with van der Waals surface area (Å²) in [7, 11) is 2.10. The molecule has 2 unspecified atom stereocenters. The molecule has 1 aliphatic rings. The summed E-state index contributed by atoms with van der Waals surface area (Å²) < 4.78 is 0. The first-order chi connectivity index (χ1) is 7.72. The molecule has 0 amide bonds. The van der Waals surface area contributed by atoms with E-state index in [-0.39, 0.29) is 0 Å². The summed E-state index contributed by atoms with van der Waals surface area (Å²) in [6, 6.07) is 9.47. The van der Waals surface area contributed by atoms with Gasteiger partial charge in [0.25, 0.3) is 0 Å². The maximum atomic E-state index is 3.52. The molecule has 0 saturated heterocycles. The Morgan fingerprint density at radius 1 is 1.31 bits per heavy atom. The van der Waals surface area contributed by atoms with Crippen LogP contribution in [0.5, 0.6) is 0 Å². The van der Waals surface area contributed by atoms with Crippen LogP contribution in [-0.4, -0.2) is 7.05 Å². The Morgan fingerprint density at radius 2 is 2.06 bits per heavy atom. The number of fused-ring (bicyclic) bond motifs is 1. The summed E-state index contributed by atoms with van der Waals surface area (Å²) >= 11 is 0. The lowest BCUT2D eigenvalue weighted by Gasteiger charge is -2.34. The molecule has 0 aromatic heterocycles. The van der Waals surface area contributed by atoms with Gasteiger partial charge in [-0.2, -0.15) is 0 Å². The van der Waals surface area contributed by atoms with Gasteiger partial charge in [-0.15, -0.1) is 0 Å². The fourth-order valence-electron chi connectivity index (χ4n) is 3.08. The summed E-state index contributed by atoms with van der Waals surface area (Å²) in [6.45, 7) is 4.65. The van der Waals surface area contributed by atoms with E-state index < -0.39 is 0 Å². The van der Waals surface area contributed by atoms with Crippen molar-refractivity contribution in [3.05, 3.63) is 35.4 Å². The van der Waals surface area contributed by atoms with E-state index in [0.717, 1.165) is 11.8 Å². The lowest BCUT2D eigenvalue weighted by molar-refractivity contribution is 0.285. The van der Waals surface area contributed by atoms with Crippen molar-refractivity contribution < 1.29 is 0 Å². The van der Waals surface area contributed by atoms with Gasteiger partial charge in [0.1, 0.15) is 0 Å². The highest BCUT2D eigenvalue weighted by molar-refractivity contribution is 5.32. The first kappa shape index (κ1) is 11.7. The maximum absolute atomic E-state index is 3.52. The van der Waals surface area contributed by atoms with Crippen molar-refractivity contribution in [2.45, 2.75) is 39.2 Å². The third-order valence-corrected chi connectivity index (χ3v) is 3.73. The molecule has 1 N–H and O–H groups in total. The molecule has 2 atom stereocenters. The Hall–Kier alpha value is -0.820. The maximum Gasteiger partial charge on any atom is 0.0349 e. The molecule has 0 heterocycles. The van der Waals surface area contributed by atoms with Crippen LogP contribution >= 0.6 is 0 Å². The number of aryl methyl sites for hydroxylation is 1. The lowest BCUT2D eigenvalue weighted by atomic mass is 9.76. The summed E-state index contributed by atoms with van der Waals surface area (Å²) in [5.41, 5.74) is 3.07. The lowest BCUT2D eigenvalue weighted by Crippen LogP contribution is -2.30. The van der Waals surface area contributed by atoms with E-state index in [1.165, 1.54) is 24.8 Å². The van der Waals surface area contributed by atoms with E-state index in [4.69, 9.17) is 0 Å². The first-order valence-corrected chi connectivity index (χ1v) is 6.47. The largest absolute Gasteiger partial charge is 0.313 e. The molecule has 2 rings (SSSR count). The number of hydrogen-bond donors (Lipinski definition) is 1. The highest BCUT2D eigenvalue weighted by atomic mass is 14.9. The van der Waals surface area contributed by atoms with Crippen molar-refractivity contribution >= 4 is 0 Å². The van der Waals surface area contributed by atoms with Crippen LogP contribution < -0.4 is 5.32 Å². The number of benzene rings is 1. The molecule has 16 heavy (non-hydrogen) atoms. The minimum absolute atomic E-state index is 0.562. The van der Waals surface area contributed by atoms with Crippen LogP contribution in [0.15, 0.2) is 24.3 Å². The second kappa shape index (κ2) is 5.01. The Bertz CT molecular complexity index is 343. The van der Waals surface area contributed by atoms with Crippen LogP contribution in [0.4, 0.5) is 0 Å². The molecule has 1 aromatic carbocycles. The molecule has 0 aliphatic heterocycles. The van der Waals surface area contributed by atoms with E-state index in [0.29, 0.717) is 6.04 Å². The van der Waals surface area contributed by atoms with Gasteiger partial charge in [-0.1, -0.05) is 38.1 Å². The Kier molecular flexibility index (Phi) is 3.65. The molecular formula is C15H23N. The van der Waals surface area contributed by atoms with Gasteiger partial charge in [0, 0.05) is 6.04 Å². The van der Waals surface area contributed by atoms with Crippen molar-refractivity contribution in [1.29, 1.82) is 0 Å². The Morgan fingerprint density at radius 3 is 2.75 bits per heavy atom. The van der Waals surface area contributed by atoms with Gasteiger partial charge in [0.05, 0.1) is 0 Å². The summed E-state index contributed by atoms with van der Waals surface area (Å²) in [5.74, 6) is 1.60. The highest BCUT2D eigenvalue weighted by Gasteiger charge is 2.28. The monoisotopic (exact) mass is 217 g/mol. The summed E-state index contributed by atoms with van der Waals surface area (Å²) in [4.78, 5) is 0. The first-order valence-electron chi connectivity index (χ1n) is 6.47. The van der Waals surface area contributed by atoms with Gasteiger partial charge in [-0.25, -0.2) is 0 Å². The fourth-order valence-corrected chi connectivity index (χ4v) is 3.08. The SMILES string of the molecule is CNC1c2ccccc2CCC1CC(C)C. The molecule has 0 radical (unpaired) electrons. The minimum Gasteiger partial charge on any atom is -0.313 e. The fraction of sp³-hybridized carbons (Fsp3) is 0.600. The molecular weight excluding hydrogens is 194 g/mol. The smallest absolute Gasteiger partial charge is 0.0349 e. The van der Waals surface area contributed by atoms with Gasteiger partial charge >= 0.3 is 0 Å². The predicted octanol–water partition coefficient (Wildman–Crippen LogP) is 3.56. The van der Waals surface area contributed by atoms with Crippen LogP contribution in [0.25, 0.3) is 0 Å². The highest BCUT2D eigenvalue weighted by Crippen LogP contribution is 2.37. The molecule has 1 aromatic rings. The second-order valence-corrected chi connectivity index (χ2v) is 5.39. The molecule has 0 bridgehead atoms. The number of hydrogen-bond acceptors (Lipinski definition) is 1. The van der Waals surface area contributed by atoms with E-state index in [1.807, 2.05) is 0 Å². The van der Waals surface area contributed by atoms with Crippen molar-refractivity contribution in [3.8, 4) is 0 Å². The van der Waals surface area contributed by atoms with Crippen molar-refractivity contribution in [1.82, 2.24) is 5.32 Å². The Balaban J connectivity index is 2.23. The average Bonchev–Trinajstić information content (AvgIpc) is 2.28. The third-order valence-electron chi connectivity index (χ3n) is 3.73. The van der Waals surface area contributed by atoms with Gasteiger partial charge in [0.2, 0.25) is 0 Å². The van der Waals surface area contributed by atoms with Gasteiger partial charge < -0.3 is 5.32 Å². The zero-order valence-electron chi connectivity index (χ0n) is 10.7. The van der Waals surface area contributed by atoms with Crippen LogP contribution in [0, 0.1) is 11.8 Å². The molecule has 1 heteroatoms. The standard InChI is InChI=1S/C15H23N/c1-11(2)10-13-9-8-12-6-4-5-7-14(12)15(13)16-3/h4-7,11,13,15-16H,8-10H2,1-3H3. The average molecular weight is 217 g/mol. The molecule has 1 aliphatic carbocycles. The quantitative estimate of drug-likeness (QED) is 0.816. The van der Waals surface area contributed by atoms with Crippen molar-refractivity contribution in [2.75, 3.05) is 7.05 Å². The van der Waals surface area contributed by atoms with Crippen LogP contribution in [0.1, 0.15) is 43.9 Å². The molecule has 0 saturated carbocycles. The zero-order chi connectivity index (χ0) is 11.5. The van der Waals surface area contributed by atoms with Gasteiger partial charge in [-0.3, -0.25) is 0 Å². The third kappa shape index (κ3) is 2.30. The molecule has 0 fully saturated rings. The van der Waals surface area contributed by atoms with E-state index >= 15 is 0 Å². The van der Waals surface area contributed by atoms with Crippen LogP contribution in [0.2, 0.25) is 0 Å². The predicted molar refractivity (Wildman–Crippen MR) is 69.5 cm³/mol. The van der Waals surface area contributed by atoms with E-state index in [9.17, 15) is 0 Å². The van der Waals surface area contributed by atoms with E-state index in [2.05, 4.69) is 50.5 Å². The number of nitrogens with one attached hydrogen (secondary N) is 1. The van der Waals surface area contributed by atoms with E-state index in [1.54, 1.807) is 5.56 Å². The molecule has 1 nitrogen and oxygen atoms in total. The summed E-state index contributed by atoms with van der Waals surface area (Å²) in [6.07, 6.45) is 3.92. The normalized spacial score (nSPS) is 24.5. The minimum atomic E-state index is 0.562. The topological polar surface area (TPSA) is 12.0 Å². The van der Waals surface area contributed by atoms with Crippen LogP contribution in [0.3, 0.4) is 0 Å². The van der Waals surface area contributed by atoms with Crippen LogP contribution in [-0.2, 0) is 6.42 Å². The summed E-state index contributed by atoms with van der Waals surface area (Å²) in [5, 5.41) is 3.52. The van der Waals surface area contributed by atoms with Crippen molar-refractivity contribution in [2.24, 2.45) is 11.8 Å². The second-order valence-electron chi connectivity index (χ2n) is 5.39.